The Labute approximate surface area is 213 Å². The molecule has 1 saturated carbocycles. The van der Waals surface area contributed by atoms with Crippen LogP contribution in [-0.4, -0.2) is 65.2 Å². The highest BCUT2D eigenvalue weighted by Crippen LogP contribution is 2.37. The molecule has 2 atom stereocenters. The van der Waals surface area contributed by atoms with Crippen LogP contribution in [0.25, 0.3) is 16.8 Å². The molecule has 2 bridgehead atoms. The number of amides is 2. The van der Waals surface area contributed by atoms with Gasteiger partial charge >= 0.3 is 0 Å². The standard InChI is InChI=1S/C26H29N9O2/c1-15-22(7-19(9-27-15)31-24(36)14-34-11-17-4-5-20(34)6-17)32-26(37)21-10-29-35-13-23(30-16(2)25(21)35)18-8-28-33(3)12-18/h7-10,12-13,17,20H,4-6,11,14H2,1-3H3,(H,31,36)(H,32,37)/t17-,20+/m1/s1. The van der Waals surface area contributed by atoms with Crippen molar-refractivity contribution in [2.75, 3.05) is 23.7 Å². The summed E-state index contributed by atoms with van der Waals surface area (Å²) in [5, 5.41) is 14.5. The lowest BCUT2D eigenvalue weighted by Gasteiger charge is -2.25. The highest BCUT2D eigenvalue weighted by atomic mass is 16.2. The number of fused-ring (bicyclic) bond motifs is 3. The van der Waals surface area contributed by atoms with Crippen LogP contribution in [0.3, 0.4) is 0 Å². The van der Waals surface area contributed by atoms with E-state index in [2.05, 4.69) is 35.7 Å². The summed E-state index contributed by atoms with van der Waals surface area (Å²) < 4.78 is 3.37. The Bertz CT molecular complexity index is 1520. The molecule has 2 aliphatic rings. The molecule has 0 aromatic carbocycles. The second kappa shape index (κ2) is 9.07. The summed E-state index contributed by atoms with van der Waals surface area (Å²) in [5.74, 6) is 0.348. The summed E-state index contributed by atoms with van der Waals surface area (Å²) >= 11 is 0. The summed E-state index contributed by atoms with van der Waals surface area (Å²) in [7, 11) is 1.85. The minimum absolute atomic E-state index is 0.0655. The van der Waals surface area contributed by atoms with Crippen molar-refractivity contribution in [2.45, 2.75) is 39.2 Å². The van der Waals surface area contributed by atoms with Crippen molar-refractivity contribution < 1.29 is 9.59 Å². The number of nitrogens with one attached hydrogen (secondary N) is 2. The largest absolute Gasteiger partial charge is 0.324 e. The third-order valence-electron chi connectivity index (χ3n) is 7.40. The Morgan fingerprint density at radius 2 is 1.92 bits per heavy atom. The molecule has 4 aromatic rings. The highest BCUT2D eigenvalue weighted by molar-refractivity contribution is 6.09. The fourth-order valence-corrected chi connectivity index (χ4v) is 5.58. The van der Waals surface area contributed by atoms with Gasteiger partial charge in [-0.2, -0.15) is 10.2 Å². The van der Waals surface area contributed by atoms with Gasteiger partial charge in [-0.1, -0.05) is 0 Å². The number of carbonyl (C=O) groups is 2. The van der Waals surface area contributed by atoms with Gasteiger partial charge in [0.2, 0.25) is 5.91 Å². The molecule has 1 aliphatic heterocycles. The first kappa shape index (κ1) is 23.3. The lowest BCUT2D eigenvalue weighted by Crippen LogP contribution is -2.38. The molecule has 0 spiro atoms. The zero-order valence-corrected chi connectivity index (χ0v) is 21.1. The van der Waals surface area contributed by atoms with Crippen LogP contribution in [0, 0.1) is 19.8 Å². The molecule has 6 rings (SSSR count). The van der Waals surface area contributed by atoms with Gasteiger partial charge in [0.15, 0.2) is 0 Å². The van der Waals surface area contributed by atoms with Crippen molar-refractivity contribution in [3.05, 3.63) is 54.0 Å². The summed E-state index contributed by atoms with van der Waals surface area (Å²) in [6.45, 7) is 5.05. The van der Waals surface area contributed by atoms with Crippen molar-refractivity contribution in [2.24, 2.45) is 13.0 Å². The average molecular weight is 500 g/mol. The maximum atomic E-state index is 13.3. The molecule has 37 heavy (non-hydrogen) atoms. The first-order valence-electron chi connectivity index (χ1n) is 12.5. The SMILES string of the molecule is Cc1ncc(NC(=O)CN2C[C@@H]3CC[C@H]2C3)cc1NC(=O)c1cnn2cc(-c3cnn(C)c3)nc(C)c12. The van der Waals surface area contributed by atoms with Gasteiger partial charge in [0, 0.05) is 31.4 Å². The lowest BCUT2D eigenvalue weighted by molar-refractivity contribution is -0.117. The van der Waals surface area contributed by atoms with E-state index in [1.165, 1.54) is 25.5 Å². The average Bonchev–Trinajstić information content (AvgIpc) is 3.65. The van der Waals surface area contributed by atoms with Crippen molar-refractivity contribution in [1.29, 1.82) is 0 Å². The third-order valence-corrected chi connectivity index (χ3v) is 7.40. The number of anilines is 2. The Hall–Kier alpha value is -4.12. The van der Waals surface area contributed by atoms with Crippen LogP contribution in [0.5, 0.6) is 0 Å². The molecule has 1 saturated heterocycles. The summed E-state index contributed by atoms with van der Waals surface area (Å²) in [6.07, 6.45) is 12.2. The summed E-state index contributed by atoms with van der Waals surface area (Å²) in [6, 6.07) is 2.27. The minimum atomic E-state index is -0.324. The molecule has 1 aliphatic carbocycles. The topological polar surface area (TPSA) is 122 Å². The minimum Gasteiger partial charge on any atom is -0.324 e. The van der Waals surface area contributed by atoms with Crippen LogP contribution in [0.4, 0.5) is 11.4 Å². The van der Waals surface area contributed by atoms with Crippen LogP contribution in [0.15, 0.2) is 37.1 Å². The van der Waals surface area contributed by atoms with E-state index in [9.17, 15) is 9.59 Å². The van der Waals surface area contributed by atoms with Crippen LogP contribution in [-0.2, 0) is 11.8 Å². The maximum absolute atomic E-state index is 13.3. The quantitative estimate of drug-likeness (QED) is 0.418. The van der Waals surface area contributed by atoms with E-state index < -0.39 is 0 Å². The number of piperidine rings is 1. The summed E-state index contributed by atoms with van der Waals surface area (Å²) in [4.78, 5) is 37.3. The normalized spacial score (nSPS) is 19.0. The lowest BCUT2D eigenvalue weighted by atomic mass is 10.1. The number of rotatable bonds is 6. The van der Waals surface area contributed by atoms with Gasteiger partial charge in [-0.3, -0.25) is 24.2 Å². The smallest absolute Gasteiger partial charge is 0.259 e. The van der Waals surface area contributed by atoms with E-state index >= 15 is 0 Å². The Kier molecular flexibility index (Phi) is 5.71. The highest BCUT2D eigenvalue weighted by Gasteiger charge is 2.38. The molecule has 5 heterocycles. The first-order chi connectivity index (χ1) is 17.8. The van der Waals surface area contributed by atoms with E-state index in [0.717, 1.165) is 23.7 Å². The van der Waals surface area contributed by atoms with E-state index in [1.807, 2.05) is 27.1 Å². The van der Waals surface area contributed by atoms with Crippen LogP contribution >= 0.6 is 0 Å². The molecule has 11 heteroatoms. The molecule has 0 radical (unpaired) electrons. The number of pyridine rings is 1. The molecule has 11 nitrogen and oxygen atoms in total. The van der Waals surface area contributed by atoms with E-state index in [4.69, 9.17) is 0 Å². The van der Waals surface area contributed by atoms with Crippen LogP contribution in [0.1, 0.15) is 41.0 Å². The molecule has 4 aromatic heterocycles. The monoisotopic (exact) mass is 499 g/mol. The number of aryl methyl sites for hydroxylation is 3. The number of likely N-dealkylation sites (tertiary alicyclic amines) is 1. The first-order valence-corrected chi connectivity index (χ1v) is 12.5. The third kappa shape index (κ3) is 4.46. The van der Waals surface area contributed by atoms with Gasteiger partial charge in [0.1, 0.15) is 5.52 Å². The second-order valence-electron chi connectivity index (χ2n) is 10.1. The number of aromatic nitrogens is 6. The van der Waals surface area contributed by atoms with Crippen molar-refractivity contribution >= 4 is 28.7 Å². The zero-order chi connectivity index (χ0) is 25.7. The van der Waals surface area contributed by atoms with Crippen molar-refractivity contribution in [3.8, 4) is 11.3 Å². The Morgan fingerprint density at radius 3 is 2.65 bits per heavy atom. The molecular formula is C26H29N9O2. The van der Waals surface area contributed by atoms with Gasteiger partial charge in [0.25, 0.3) is 5.91 Å². The van der Waals surface area contributed by atoms with E-state index in [-0.39, 0.29) is 11.8 Å². The van der Waals surface area contributed by atoms with Gasteiger partial charge in [-0.15, -0.1) is 0 Å². The molecule has 0 unspecified atom stereocenters. The molecule has 190 valence electrons. The zero-order valence-electron chi connectivity index (χ0n) is 21.1. The van der Waals surface area contributed by atoms with Crippen molar-refractivity contribution in [3.63, 3.8) is 0 Å². The van der Waals surface area contributed by atoms with Gasteiger partial charge in [-0.05, 0) is 45.1 Å². The predicted molar refractivity (Wildman–Crippen MR) is 138 cm³/mol. The van der Waals surface area contributed by atoms with Crippen LogP contribution < -0.4 is 10.6 Å². The fourth-order valence-electron chi connectivity index (χ4n) is 5.58. The van der Waals surface area contributed by atoms with Crippen molar-refractivity contribution in [1.82, 2.24) is 34.3 Å². The Morgan fingerprint density at radius 1 is 1.05 bits per heavy atom. The van der Waals surface area contributed by atoms with Gasteiger partial charge < -0.3 is 10.6 Å². The van der Waals surface area contributed by atoms with E-state index in [0.29, 0.717) is 46.4 Å². The second-order valence-corrected chi connectivity index (χ2v) is 10.1. The molecular weight excluding hydrogens is 470 g/mol. The molecule has 2 fully saturated rings. The van der Waals surface area contributed by atoms with Gasteiger partial charge in [-0.25, -0.2) is 9.50 Å². The molecule has 2 amide bonds. The summed E-state index contributed by atoms with van der Waals surface area (Å²) in [5.41, 5.74) is 5.02. The fraction of sp³-hybridized carbons (Fsp3) is 0.385. The van der Waals surface area contributed by atoms with Gasteiger partial charge in [0.05, 0.1) is 65.4 Å². The number of hydrogen-bond donors (Lipinski definition) is 2. The number of nitrogens with zero attached hydrogens (tertiary/aromatic N) is 7. The predicted octanol–water partition coefficient (Wildman–Crippen LogP) is 2.82. The number of carbonyl (C=O) groups excluding carboxylic acids is 2. The van der Waals surface area contributed by atoms with Crippen LogP contribution in [0.2, 0.25) is 0 Å². The number of hydrogen-bond acceptors (Lipinski definition) is 7. The molecule has 2 N–H and O–H groups in total. The maximum Gasteiger partial charge on any atom is 0.259 e. The Balaban J connectivity index is 1.18. The van der Waals surface area contributed by atoms with E-state index in [1.54, 1.807) is 33.9 Å².